The van der Waals surface area contributed by atoms with Crippen molar-refractivity contribution in [2.75, 3.05) is 26.2 Å². The maximum atomic E-state index is 12.9. The number of halogens is 1. The lowest BCUT2D eigenvalue weighted by atomic mass is 10.1. The summed E-state index contributed by atoms with van der Waals surface area (Å²) in [5, 5.41) is 2.74. The first-order chi connectivity index (χ1) is 15.0. The van der Waals surface area contributed by atoms with Crippen molar-refractivity contribution in [1.29, 1.82) is 0 Å². The highest BCUT2D eigenvalue weighted by molar-refractivity contribution is 7.12. The molecule has 1 amide bonds. The molecule has 0 unspecified atom stereocenters. The molecule has 1 saturated heterocycles. The maximum absolute atomic E-state index is 12.9. The van der Waals surface area contributed by atoms with Crippen molar-refractivity contribution in [3.63, 3.8) is 0 Å². The number of aryl methyl sites for hydroxylation is 2. The third-order valence-electron chi connectivity index (χ3n) is 5.55. The van der Waals surface area contributed by atoms with Crippen molar-refractivity contribution in [2.24, 2.45) is 0 Å². The summed E-state index contributed by atoms with van der Waals surface area (Å²) in [5.41, 5.74) is 4.62. The van der Waals surface area contributed by atoms with Gasteiger partial charge in [-0.05, 0) is 54.6 Å². The van der Waals surface area contributed by atoms with E-state index in [1.165, 1.54) is 22.5 Å². The number of ether oxygens (including phenoxy) is 1. The predicted molar refractivity (Wildman–Crippen MR) is 127 cm³/mol. The third kappa shape index (κ3) is 5.67. The van der Waals surface area contributed by atoms with E-state index in [4.69, 9.17) is 16.3 Å². The number of carbonyl (C=O) groups excluding carboxylic acids is 1. The second-order valence-corrected chi connectivity index (χ2v) is 9.39. The van der Waals surface area contributed by atoms with Crippen LogP contribution in [-0.4, -0.2) is 41.9 Å². The van der Waals surface area contributed by atoms with Crippen LogP contribution in [0, 0.1) is 13.8 Å². The highest BCUT2D eigenvalue weighted by Crippen LogP contribution is 2.24. The van der Waals surface area contributed by atoms with Gasteiger partial charge in [-0.1, -0.05) is 41.4 Å². The number of benzene rings is 2. The SMILES string of the molecule is Cc1cccc(CN2CCN(C(=O)c3cc(COc4ccc(Cl)c(C)c4)cs3)CC2)c1. The number of hydrogen-bond donors (Lipinski definition) is 0. The standard InChI is InChI=1S/C25H27ClN2O2S/c1-18-4-3-5-20(12-18)15-27-8-10-28(11-9-27)25(29)24-14-21(17-31-24)16-30-22-6-7-23(26)19(2)13-22/h3-7,12-14,17H,8-11,15-16H2,1-2H3. The molecule has 0 spiro atoms. The molecule has 2 aromatic carbocycles. The molecule has 2 heterocycles. The minimum Gasteiger partial charge on any atom is -0.489 e. The van der Waals surface area contributed by atoms with Crippen molar-refractivity contribution in [1.82, 2.24) is 9.80 Å². The molecule has 4 nitrogen and oxygen atoms in total. The van der Waals surface area contributed by atoms with Gasteiger partial charge in [0.05, 0.1) is 4.88 Å². The van der Waals surface area contributed by atoms with Gasteiger partial charge < -0.3 is 9.64 Å². The van der Waals surface area contributed by atoms with Crippen LogP contribution in [0.25, 0.3) is 0 Å². The van der Waals surface area contributed by atoms with Crippen LogP contribution in [0.15, 0.2) is 53.9 Å². The Morgan fingerprint density at radius 1 is 1.03 bits per heavy atom. The minimum absolute atomic E-state index is 0.119. The van der Waals surface area contributed by atoms with Gasteiger partial charge in [-0.3, -0.25) is 9.69 Å². The lowest BCUT2D eigenvalue weighted by Gasteiger charge is -2.34. The Labute approximate surface area is 193 Å². The van der Waals surface area contributed by atoms with Gasteiger partial charge in [0.1, 0.15) is 12.4 Å². The molecule has 3 aromatic rings. The van der Waals surface area contributed by atoms with Crippen LogP contribution in [-0.2, 0) is 13.2 Å². The molecule has 0 bridgehead atoms. The number of hydrogen-bond acceptors (Lipinski definition) is 4. The normalized spacial score (nSPS) is 14.6. The maximum Gasteiger partial charge on any atom is 0.264 e. The molecule has 6 heteroatoms. The van der Waals surface area contributed by atoms with Crippen LogP contribution >= 0.6 is 22.9 Å². The molecule has 0 saturated carbocycles. The molecule has 1 aliphatic rings. The summed E-state index contributed by atoms with van der Waals surface area (Å²) in [6, 6.07) is 16.2. The quantitative estimate of drug-likeness (QED) is 0.489. The summed E-state index contributed by atoms with van der Waals surface area (Å²) in [7, 11) is 0. The number of thiophene rings is 1. The zero-order valence-electron chi connectivity index (χ0n) is 17.9. The zero-order chi connectivity index (χ0) is 21.8. The third-order valence-corrected chi connectivity index (χ3v) is 6.94. The van der Waals surface area contributed by atoms with E-state index in [0.717, 1.165) is 59.5 Å². The number of piperazine rings is 1. The van der Waals surface area contributed by atoms with E-state index < -0.39 is 0 Å². The summed E-state index contributed by atoms with van der Waals surface area (Å²) >= 11 is 7.56. The fourth-order valence-corrected chi connectivity index (χ4v) is 4.75. The van der Waals surface area contributed by atoms with Crippen LogP contribution in [0.1, 0.15) is 31.9 Å². The Hall–Kier alpha value is -2.34. The lowest BCUT2D eigenvalue weighted by molar-refractivity contribution is 0.0633. The first kappa shape index (κ1) is 21.9. The molecular weight excluding hydrogens is 428 g/mol. The Balaban J connectivity index is 1.28. The van der Waals surface area contributed by atoms with Crippen LogP contribution in [0.5, 0.6) is 5.75 Å². The Bertz CT molecular complexity index is 1060. The second-order valence-electron chi connectivity index (χ2n) is 8.08. The molecule has 4 rings (SSSR count). The van der Waals surface area contributed by atoms with E-state index in [-0.39, 0.29) is 5.91 Å². The van der Waals surface area contributed by atoms with Crippen LogP contribution in [0.3, 0.4) is 0 Å². The fourth-order valence-electron chi connectivity index (χ4n) is 3.77. The predicted octanol–water partition coefficient (Wildman–Crippen LogP) is 5.56. The summed E-state index contributed by atoms with van der Waals surface area (Å²) in [5.74, 6) is 0.902. The molecule has 1 fully saturated rings. The van der Waals surface area contributed by atoms with Gasteiger partial charge in [-0.2, -0.15) is 0 Å². The minimum atomic E-state index is 0.119. The van der Waals surface area contributed by atoms with Gasteiger partial charge in [0.2, 0.25) is 0 Å². The van der Waals surface area contributed by atoms with E-state index in [1.807, 2.05) is 41.5 Å². The first-order valence-electron chi connectivity index (χ1n) is 10.5. The summed E-state index contributed by atoms with van der Waals surface area (Å²) in [6.45, 7) is 8.78. The van der Waals surface area contributed by atoms with E-state index in [9.17, 15) is 4.79 Å². The van der Waals surface area contributed by atoms with Crippen molar-refractivity contribution in [3.05, 3.63) is 86.1 Å². The van der Waals surface area contributed by atoms with Crippen molar-refractivity contribution >= 4 is 28.8 Å². The Morgan fingerprint density at radius 2 is 1.84 bits per heavy atom. The topological polar surface area (TPSA) is 32.8 Å². The number of amides is 1. The van der Waals surface area contributed by atoms with Gasteiger partial charge in [-0.15, -0.1) is 11.3 Å². The average Bonchev–Trinajstić information content (AvgIpc) is 3.24. The highest BCUT2D eigenvalue weighted by atomic mass is 35.5. The van der Waals surface area contributed by atoms with Crippen molar-refractivity contribution < 1.29 is 9.53 Å². The van der Waals surface area contributed by atoms with Crippen molar-refractivity contribution in [2.45, 2.75) is 27.0 Å². The molecule has 31 heavy (non-hydrogen) atoms. The molecule has 0 radical (unpaired) electrons. The molecular formula is C25H27ClN2O2S. The second kappa shape index (κ2) is 9.86. The van der Waals surface area contributed by atoms with Gasteiger partial charge in [-0.25, -0.2) is 0 Å². The monoisotopic (exact) mass is 454 g/mol. The Morgan fingerprint density at radius 3 is 2.58 bits per heavy atom. The number of carbonyl (C=O) groups is 1. The van der Waals surface area contributed by atoms with E-state index in [1.54, 1.807) is 0 Å². The van der Waals surface area contributed by atoms with Crippen LogP contribution < -0.4 is 4.74 Å². The molecule has 0 aliphatic carbocycles. The Kier molecular flexibility index (Phi) is 6.96. The van der Waals surface area contributed by atoms with E-state index >= 15 is 0 Å². The first-order valence-corrected chi connectivity index (χ1v) is 11.8. The molecule has 0 atom stereocenters. The largest absolute Gasteiger partial charge is 0.489 e. The number of rotatable bonds is 6. The lowest BCUT2D eigenvalue weighted by Crippen LogP contribution is -2.48. The zero-order valence-corrected chi connectivity index (χ0v) is 19.5. The summed E-state index contributed by atoms with van der Waals surface area (Å²) in [4.78, 5) is 18.1. The smallest absolute Gasteiger partial charge is 0.264 e. The summed E-state index contributed by atoms with van der Waals surface area (Å²) in [6.07, 6.45) is 0. The molecule has 1 aromatic heterocycles. The van der Waals surface area contributed by atoms with E-state index in [2.05, 4.69) is 36.1 Å². The van der Waals surface area contributed by atoms with Crippen molar-refractivity contribution in [3.8, 4) is 5.75 Å². The molecule has 1 aliphatic heterocycles. The van der Waals surface area contributed by atoms with Crippen LogP contribution in [0.4, 0.5) is 0 Å². The van der Waals surface area contributed by atoms with E-state index in [0.29, 0.717) is 6.61 Å². The van der Waals surface area contributed by atoms with Crippen LogP contribution in [0.2, 0.25) is 5.02 Å². The van der Waals surface area contributed by atoms with Gasteiger partial charge in [0.15, 0.2) is 0 Å². The van der Waals surface area contributed by atoms with Gasteiger partial charge in [0.25, 0.3) is 5.91 Å². The fraction of sp³-hybridized carbons (Fsp3) is 0.320. The van der Waals surface area contributed by atoms with Gasteiger partial charge in [0, 0.05) is 43.3 Å². The highest BCUT2D eigenvalue weighted by Gasteiger charge is 2.23. The number of nitrogens with zero attached hydrogens (tertiary/aromatic N) is 2. The molecule has 0 N–H and O–H groups in total. The van der Waals surface area contributed by atoms with Gasteiger partial charge >= 0.3 is 0 Å². The average molecular weight is 455 g/mol. The summed E-state index contributed by atoms with van der Waals surface area (Å²) < 4.78 is 5.86. The molecule has 162 valence electrons.